The molecule has 0 aliphatic carbocycles. The van der Waals surface area contributed by atoms with Crippen LogP contribution in [0.15, 0.2) is 18.5 Å². The number of hydrogen-bond acceptors (Lipinski definition) is 4. The third kappa shape index (κ3) is 3.65. The molecule has 1 aromatic carbocycles. The Morgan fingerprint density at radius 3 is 2.55 bits per heavy atom. The van der Waals surface area contributed by atoms with E-state index in [-0.39, 0.29) is 0 Å². The van der Waals surface area contributed by atoms with E-state index < -0.39 is 0 Å². The number of nitrogens with zero attached hydrogens (tertiary/aromatic N) is 4. The number of aromatic nitrogens is 3. The second-order valence-corrected chi connectivity index (χ2v) is 6.21. The number of benzene rings is 1. The molecule has 5 nitrogen and oxygen atoms in total. The number of hydrogen-bond donors (Lipinski definition) is 0. The molecule has 0 radical (unpaired) electrons. The Morgan fingerprint density at radius 1 is 1.27 bits per heavy atom. The van der Waals surface area contributed by atoms with Gasteiger partial charge in [-0.15, -0.1) is 10.2 Å². The third-order valence-electron chi connectivity index (χ3n) is 3.97. The van der Waals surface area contributed by atoms with Crippen LogP contribution in [-0.4, -0.2) is 33.8 Å². The predicted molar refractivity (Wildman–Crippen MR) is 88.0 cm³/mol. The van der Waals surface area contributed by atoms with Crippen LogP contribution in [0.5, 0.6) is 5.75 Å². The van der Waals surface area contributed by atoms with Gasteiger partial charge in [0.15, 0.2) is 0 Å². The molecule has 1 heterocycles. The lowest BCUT2D eigenvalue weighted by molar-refractivity contribution is 0.305. The Kier molecular flexibility index (Phi) is 5.19. The summed E-state index contributed by atoms with van der Waals surface area (Å²) in [5.41, 5.74) is 3.84. The van der Waals surface area contributed by atoms with E-state index in [2.05, 4.69) is 55.0 Å². The van der Waals surface area contributed by atoms with Gasteiger partial charge in [0.05, 0.1) is 13.7 Å². The average Bonchev–Trinajstić information content (AvgIpc) is 2.85. The number of ether oxygens (including phenoxy) is 1. The molecule has 0 bridgehead atoms. The van der Waals surface area contributed by atoms with Crippen LogP contribution in [0, 0.1) is 6.92 Å². The lowest BCUT2D eigenvalue weighted by Gasteiger charge is -2.20. The second-order valence-electron chi connectivity index (χ2n) is 6.21. The van der Waals surface area contributed by atoms with Crippen molar-refractivity contribution >= 4 is 0 Å². The largest absolute Gasteiger partial charge is 0.496 e. The van der Waals surface area contributed by atoms with E-state index in [1.807, 2.05) is 11.6 Å². The van der Waals surface area contributed by atoms with Crippen molar-refractivity contribution < 1.29 is 4.74 Å². The van der Waals surface area contributed by atoms with Crippen molar-refractivity contribution in [2.75, 3.05) is 14.2 Å². The van der Waals surface area contributed by atoms with Crippen LogP contribution in [-0.2, 0) is 20.1 Å². The fraction of sp³-hybridized carbons (Fsp3) is 0.529. The lowest BCUT2D eigenvalue weighted by Crippen LogP contribution is -2.20. The minimum absolute atomic E-state index is 0.443. The summed E-state index contributed by atoms with van der Waals surface area (Å²) in [6.45, 7) is 8.18. The zero-order valence-electron chi connectivity index (χ0n) is 14.4. The van der Waals surface area contributed by atoms with Crippen molar-refractivity contribution in [1.29, 1.82) is 0 Å². The average molecular weight is 302 g/mol. The topological polar surface area (TPSA) is 43.2 Å². The highest BCUT2D eigenvalue weighted by Gasteiger charge is 2.13. The van der Waals surface area contributed by atoms with Crippen LogP contribution < -0.4 is 4.74 Å². The highest BCUT2D eigenvalue weighted by molar-refractivity contribution is 5.43. The standard InChI is InChI=1S/C17H26N4O/c1-12(2)15-8-14(13(3)7-16(15)22-6)9-20(4)10-17-19-18-11-21(17)5/h7-8,11-12H,9-10H2,1-6H3. The SMILES string of the molecule is COc1cc(C)c(CN(C)Cc2nncn2C)cc1C(C)C. The van der Waals surface area contributed by atoms with E-state index in [9.17, 15) is 0 Å². The van der Waals surface area contributed by atoms with Crippen LogP contribution in [0.4, 0.5) is 0 Å². The summed E-state index contributed by atoms with van der Waals surface area (Å²) in [4.78, 5) is 2.25. The molecule has 0 aliphatic rings. The highest BCUT2D eigenvalue weighted by Crippen LogP contribution is 2.30. The number of rotatable bonds is 6. The third-order valence-corrected chi connectivity index (χ3v) is 3.97. The molecule has 0 N–H and O–H groups in total. The summed E-state index contributed by atoms with van der Waals surface area (Å²) in [7, 11) is 5.81. The van der Waals surface area contributed by atoms with Crippen molar-refractivity contribution in [2.45, 2.75) is 39.8 Å². The van der Waals surface area contributed by atoms with Gasteiger partial charge in [-0.2, -0.15) is 0 Å². The maximum absolute atomic E-state index is 5.51. The molecule has 2 rings (SSSR count). The van der Waals surface area contributed by atoms with Crippen LogP contribution in [0.3, 0.4) is 0 Å². The van der Waals surface area contributed by atoms with Crippen molar-refractivity contribution in [3.05, 3.63) is 41.0 Å². The molecule has 5 heteroatoms. The zero-order valence-corrected chi connectivity index (χ0v) is 14.4. The van der Waals surface area contributed by atoms with Gasteiger partial charge in [0.25, 0.3) is 0 Å². The Balaban J connectivity index is 2.18. The van der Waals surface area contributed by atoms with Gasteiger partial charge in [-0.05, 0) is 42.6 Å². The molecule has 0 amide bonds. The number of aryl methyl sites for hydroxylation is 2. The summed E-state index contributed by atoms with van der Waals surface area (Å²) >= 11 is 0. The van der Waals surface area contributed by atoms with E-state index in [1.165, 1.54) is 16.7 Å². The van der Waals surface area contributed by atoms with Crippen LogP contribution in [0.25, 0.3) is 0 Å². The molecule has 0 spiro atoms. The Morgan fingerprint density at radius 2 is 2.00 bits per heavy atom. The molecule has 1 aromatic heterocycles. The van der Waals surface area contributed by atoms with Gasteiger partial charge >= 0.3 is 0 Å². The summed E-state index contributed by atoms with van der Waals surface area (Å²) in [6, 6.07) is 4.41. The molecule has 0 unspecified atom stereocenters. The summed E-state index contributed by atoms with van der Waals surface area (Å²) in [6.07, 6.45) is 1.73. The summed E-state index contributed by atoms with van der Waals surface area (Å²) in [5, 5.41) is 8.07. The van der Waals surface area contributed by atoms with Gasteiger partial charge in [0.2, 0.25) is 0 Å². The van der Waals surface area contributed by atoms with Gasteiger partial charge < -0.3 is 9.30 Å². The summed E-state index contributed by atoms with van der Waals surface area (Å²) < 4.78 is 7.47. The fourth-order valence-corrected chi connectivity index (χ4v) is 2.58. The Hall–Kier alpha value is -1.88. The minimum atomic E-state index is 0.443. The van der Waals surface area contributed by atoms with Crippen LogP contribution in [0.1, 0.15) is 42.3 Å². The highest BCUT2D eigenvalue weighted by atomic mass is 16.5. The van der Waals surface area contributed by atoms with Crippen molar-refractivity contribution in [1.82, 2.24) is 19.7 Å². The first-order valence-electron chi connectivity index (χ1n) is 7.61. The second kappa shape index (κ2) is 6.92. The quantitative estimate of drug-likeness (QED) is 0.823. The van der Waals surface area contributed by atoms with E-state index in [1.54, 1.807) is 13.4 Å². The summed E-state index contributed by atoms with van der Waals surface area (Å²) in [5.74, 6) is 2.39. The maximum Gasteiger partial charge on any atom is 0.146 e. The van der Waals surface area contributed by atoms with Crippen molar-refractivity contribution in [3.8, 4) is 5.75 Å². The van der Waals surface area contributed by atoms with E-state index in [0.717, 1.165) is 24.7 Å². The van der Waals surface area contributed by atoms with Crippen LogP contribution >= 0.6 is 0 Å². The molecule has 0 saturated carbocycles. The lowest BCUT2D eigenvalue weighted by atomic mass is 9.96. The molecule has 0 aliphatic heterocycles. The smallest absolute Gasteiger partial charge is 0.146 e. The fourth-order valence-electron chi connectivity index (χ4n) is 2.58. The van der Waals surface area contributed by atoms with E-state index >= 15 is 0 Å². The molecule has 0 fully saturated rings. The maximum atomic E-state index is 5.51. The Bertz CT molecular complexity index is 634. The van der Waals surface area contributed by atoms with Crippen LogP contribution in [0.2, 0.25) is 0 Å². The first-order valence-corrected chi connectivity index (χ1v) is 7.61. The monoisotopic (exact) mass is 302 g/mol. The molecular weight excluding hydrogens is 276 g/mol. The zero-order chi connectivity index (χ0) is 16.3. The van der Waals surface area contributed by atoms with Gasteiger partial charge in [-0.3, -0.25) is 4.90 Å². The van der Waals surface area contributed by atoms with Gasteiger partial charge in [-0.1, -0.05) is 19.9 Å². The first kappa shape index (κ1) is 16.5. The molecular formula is C17H26N4O. The molecule has 22 heavy (non-hydrogen) atoms. The predicted octanol–water partition coefficient (Wildman–Crippen LogP) is 2.89. The molecule has 0 saturated heterocycles. The van der Waals surface area contributed by atoms with Crippen molar-refractivity contribution in [3.63, 3.8) is 0 Å². The molecule has 120 valence electrons. The van der Waals surface area contributed by atoms with Gasteiger partial charge in [-0.25, -0.2) is 0 Å². The van der Waals surface area contributed by atoms with Crippen molar-refractivity contribution in [2.24, 2.45) is 7.05 Å². The normalized spacial score (nSPS) is 11.5. The Labute approximate surface area is 132 Å². The number of methoxy groups -OCH3 is 1. The van der Waals surface area contributed by atoms with E-state index in [0.29, 0.717) is 5.92 Å². The minimum Gasteiger partial charge on any atom is -0.496 e. The van der Waals surface area contributed by atoms with Gasteiger partial charge in [0, 0.05) is 13.6 Å². The van der Waals surface area contributed by atoms with Gasteiger partial charge in [0.1, 0.15) is 17.9 Å². The molecule has 2 aromatic rings. The van der Waals surface area contributed by atoms with E-state index in [4.69, 9.17) is 4.74 Å². The molecule has 0 atom stereocenters. The first-order chi connectivity index (χ1) is 10.4.